The summed E-state index contributed by atoms with van der Waals surface area (Å²) in [5.41, 5.74) is 2.18. The number of carbonyl (C=O) groups excluding carboxylic acids is 2. The molecule has 1 saturated carbocycles. The highest BCUT2D eigenvalue weighted by atomic mass is 16.5. The molecular formula is C24H23N5O3. The highest BCUT2D eigenvalue weighted by molar-refractivity contribution is 5.99. The number of anilines is 3. The fourth-order valence-electron chi connectivity index (χ4n) is 3.18. The van der Waals surface area contributed by atoms with E-state index in [9.17, 15) is 9.59 Å². The molecule has 3 N–H and O–H groups in total. The average molecular weight is 429 g/mol. The molecule has 3 aromatic rings. The molecule has 2 heterocycles. The van der Waals surface area contributed by atoms with Crippen molar-refractivity contribution in [2.75, 3.05) is 36.7 Å². The van der Waals surface area contributed by atoms with Gasteiger partial charge >= 0.3 is 0 Å². The second-order valence-electron chi connectivity index (χ2n) is 7.46. The third-order valence-electron chi connectivity index (χ3n) is 4.99. The number of hydrogen-bond donors (Lipinski definition) is 3. The van der Waals surface area contributed by atoms with Crippen LogP contribution in [0, 0.1) is 17.8 Å². The summed E-state index contributed by atoms with van der Waals surface area (Å²) in [6.45, 7) is 0.00218. The lowest BCUT2D eigenvalue weighted by Gasteiger charge is -2.09. The third kappa shape index (κ3) is 5.02. The number of rotatable bonds is 6. The van der Waals surface area contributed by atoms with Crippen LogP contribution in [0.2, 0.25) is 0 Å². The number of carbonyl (C=O) groups is 2. The number of nitrogens with zero attached hydrogens (tertiary/aromatic N) is 2. The SMILES string of the molecule is CNc1ncc(C#Cc2ccc(NC(=O)COC)cc2)c2cc(NC(=O)C3CC3)ncc12. The van der Waals surface area contributed by atoms with Gasteiger partial charge in [-0.2, -0.15) is 0 Å². The zero-order valence-electron chi connectivity index (χ0n) is 17.9. The van der Waals surface area contributed by atoms with Gasteiger partial charge in [0, 0.05) is 54.5 Å². The maximum absolute atomic E-state index is 12.1. The smallest absolute Gasteiger partial charge is 0.250 e. The van der Waals surface area contributed by atoms with E-state index in [-0.39, 0.29) is 24.3 Å². The number of benzene rings is 1. The summed E-state index contributed by atoms with van der Waals surface area (Å²) in [6.07, 6.45) is 5.25. The lowest BCUT2D eigenvalue weighted by atomic mass is 10.1. The Morgan fingerprint density at radius 3 is 2.53 bits per heavy atom. The summed E-state index contributed by atoms with van der Waals surface area (Å²) in [5.74, 6) is 7.37. The fraction of sp³-hybridized carbons (Fsp3) is 0.250. The van der Waals surface area contributed by atoms with E-state index in [0.29, 0.717) is 17.3 Å². The molecule has 1 fully saturated rings. The van der Waals surface area contributed by atoms with Crippen molar-refractivity contribution in [1.82, 2.24) is 9.97 Å². The van der Waals surface area contributed by atoms with Crippen LogP contribution in [0.25, 0.3) is 10.8 Å². The molecule has 162 valence electrons. The van der Waals surface area contributed by atoms with Gasteiger partial charge in [-0.05, 0) is 43.2 Å². The normalized spacial score (nSPS) is 12.6. The summed E-state index contributed by atoms with van der Waals surface area (Å²) in [4.78, 5) is 32.5. The molecule has 8 nitrogen and oxygen atoms in total. The Kier molecular flexibility index (Phi) is 6.29. The first kappa shape index (κ1) is 21.3. The van der Waals surface area contributed by atoms with Gasteiger partial charge in [-0.25, -0.2) is 9.97 Å². The van der Waals surface area contributed by atoms with Crippen LogP contribution in [0.5, 0.6) is 0 Å². The molecule has 0 saturated heterocycles. The molecule has 2 aromatic heterocycles. The van der Waals surface area contributed by atoms with Crippen LogP contribution in [-0.4, -0.2) is 42.5 Å². The zero-order chi connectivity index (χ0) is 22.5. The summed E-state index contributed by atoms with van der Waals surface area (Å²) in [5, 5.41) is 10.4. The van der Waals surface area contributed by atoms with Crippen molar-refractivity contribution in [3.8, 4) is 11.8 Å². The van der Waals surface area contributed by atoms with Crippen LogP contribution in [0.4, 0.5) is 17.3 Å². The Labute approximate surface area is 185 Å². The summed E-state index contributed by atoms with van der Waals surface area (Å²) >= 11 is 0. The number of ether oxygens (including phenoxy) is 1. The summed E-state index contributed by atoms with van der Waals surface area (Å²) < 4.78 is 4.81. The Morgan fingerprint density at radius 1 is 1.06 bits per heavy atom. The van der Waals surface area contributed by atoms with Crippen molar-refractivity contribution >= 4 is 39.9 Å². The predicted molar refractivity (Wildman–Crippen MR) is 123 cm³/mol. The van der Waals surface area contributed by atoms with E-state index in [1.54, 1.807) is 31.6 Å². The first-order valence-electron chi connectivity index (χ1n) is 10.3. The Balaban J connectivity index is 1.60. The van der Waals surface area contributed by atoms with E-state index < -0.39 is 0 Å². The van der Waals surface area contributed by atoms with Gasteiger partial charge in [0.2, 0.25) is 11.8 Å². The van der Waals surface area contributed by atoms with Gasteiger partial charge in [0.05, 0.1) is 5.56 Å². The third-order valence-corrected chi connectivity index (χ3v) is 4.99. The van der Waals surface area contributed by atoms with E-state index in [1.165, 1.54) is 7.11 Å². The van der Waals surface area contributed by atoms with E-state index in [0.717, 1.165) is 34.7 Å². The first-order valence-corrected chi connectivity index (χ1v) is 10.3. The minimum Gasteiger partial charge on any atom is -0.375 e. The molecule has 32 heavy (non-hydrogen) atoms. The minimum absolute atomic E-state index is 0.00218. The molecule has 0 unspecified atom stereocenters. The molecule has 1 aliphatic carbocycles. The van der Waals surface area contributed by atoms with Gasteiger partial charge in [0.1, 0.15) is 18.2 Å². The summed E-state index contributed by atoms with van der Waals surface area (Å²) in [6, 6.07) is 9.06. The van der Waals surface area contributed by atoms with E-state index >= 15 is 0 Å². The second kappa shape index (κ2) is 9.45. The molecule has 0 bridgehead atoms. The number of amides is 2. The van der Waals surface area contributed by atoms with Gasteiger partial charge in [-0.15, -0.1) is 0 Å². The molecule has 2 amide bonds. The molecule has 4 rings (SSSR count). The molecule has 0 atom stereocenters. The number of methoxy groups -OCH3 is 1. The van der Waals surface area contributed by atoms with Crippen LogP contribution in [0.1, 0.15) is 24.0 Å². The van der Waals surface area contributed by atoms with Gasteiger partial charge < -0.3 is 20.7 Å². The van der Waals surface area contributed by atoms with Crippen molar-refractivity contribution in [3.63, 3.8) is 0 Å². The topological polar surface area (TPSA) is 105 Å². The van der Waals surface area contributed by atoms with Crippen LogP contribution in [0.15, 0.2) is 42.7 Å². The van der Waals surface area contributed by atoms with Gasteiger partial charge in [-0.3, -0.25) is 9.59 Å². The Bertz CT molecular complexity index is 1220. The molecule has 0 spiro atoms. The van der Waals surface area contributed by atoms with Crippen LogP contribution < -0.4 is 16.0 Å². The van der Waals surface area contributed by atoms with Crippen LogP contribution in [0.3, 0.4) is 0 Å². The van der Waals surface area contributed by atoms with Crippen LogP contribution in [-0.2, 0) is 14.3 Å². The molecule has 0 radical (unpaired) electrons. The number of nitrogens with one attached hydrogen (secondary N) is 3. The predicted octanol–water partition coefficient (Wildman–Crippen LogP) is 3.00. The maximum Gasteiger partial charge on any atom is 0.250 e. The fourth-order valence-corrected chi connectivity index (χ4v) is 3.18. The monoisotopic (exact) mass is 429 g/mol. The number of aromatic nitrogens is 2. The van der Waals surface area contributed by atoms with Gasteiger partial charge in [0.15, 0.2) is 0 Å². The second-order valence-corrected chi connectivity index (χ2v) is 7.46. The van der Waals surface area contributed by atoms with Gasteiger partial charge in [0.25, 0.3) is 0 Å². The molecular weight excluding hydrogens is 406 g/mol. The van der Waals surface area contributed by atoms with E-state index in [2.05, 4.69) is 37.8 Å². The highest BCUT2D eigenvalue weighted by Gasteiger charge is 2.29. The lowest BCUT2D eigenvalue weighted by molar-refractivity contribution is -0.119. The molecule has 8 heteroatoms. The number of pyridine rings is 2. The van der Waals surface area contributed by atoms with Crippen molar-refractivity contribution in [2.24, 2.45) is 5.92 Å². The number of fused-ring (bicyclic) bond motifs is 1. The number of hydrogen-bond acceptors (Lipinski definition) is 6. The van der Waals surface area contributed by atoms with E-state index in [4.69, 9.17) is 4.74 Å². The summed E-state index contributed by atoms with van der Waals surface area (Å²) in [7, 11) is 3.27. The Morgan fingerprint density at radius 2 is 1.84 bits per heavy atom. The molecule has 0 aliphatic heterocycles. The van der Waals surface area contributed by atoms with E-state index in [1.807, 2.05) is 18.2 Å². The maximum atomic E-state index is 12.1. The largest absolute Gasteiger partial charge is 0.375 e. The molecule has 1 aliphatic rings. The zero-order valence-corrected chi connectivity index (χ0v) is 17.9. The lowest BCUT2D eigenvalue weighted by Crippen LogP contribution is -2.16. The molecule has 1 aromatic carbocycles. The van der Waals surface area contributed by atoms with Gasteiger partial charge in [-0.1, -0.05) is 11.8 Å². The van der Waals surface area contributed by atoms with Crippen molar-refractivity contribution < 1.29 is 14.3 Å². The van der Waals surface area contributed by atoms with Crippen molar-refractivity contribution in [3.05, 3.63) is 53.9 Å². The van der Waals surface area contributed by atoms with Crippen molar-refractivity contribution in [2.45, 2.75) is 12.8 Å². The minimum atomic E-state index is -0.216. The first-order chi connectivity index (χ1) is 15.6. The quantitative estimate of drug-likeness (QED) is 0.520. The van der Waals surface area contributed by atoms with Crippen LogP contribution >= 0.6 is 0 Å². The highest BCUT2D eigenvalue weighted by Crippen LogP contribution is 2.31. The van der Waals surface area contributed by atoms with Crippen molar-refractivity contribution in [1.29, 1.82) is 0 Å². The Hall–Kier alpha value is -3.96. The average Bonchev–Trinajstić information content (AvgIpc) is 3.64. The standard InChI is InChI=1S/C24H23N5O3/c1-25-23-20-13-26-21(29-24(31)16-7-8-16)11-19(20)17(12-27-23)6-3-15-4-9-18(10-5-15)28-22(30)14-32-2/h4-5,9-13,16H,7-8,14H2,1-2H3,(H,25,27)(H,28,30)(H,26,29,31).